The lowest BCUT2D eigenvalue weighted by atomic mass is 9.90. The first-order valence-electron chi connectivity index (χ1n) is 11.4. The molecule has 1 aromatic rings. The van der Waals surface area contributed by atoms with Crippen LogP contribution in [0.3, 0.4) is 0 Å². The summed E-state index contributed by atoms with van der Waals surface area (Å²) in [7, 11) is -3.74. The minimum Gasteiger partial charge on any atom is -0.345 e. The minimum atomic E-state index is -3.74. The van der Waals surface area contributed by atoms with Gasteiger partial charge in [0, 0.05) is 12.1 Å². The molecule has 1 aromatic carbocycles. The molecule has 0 spiro atoms. The largest absolute Gasteiger partial charge is 0.345 e. The minimum absolute atomic E-state index is 0.144. The first-order valence-corrected chi connectivity index (χ1v) is 13.3. The van der Waals surface area contributed by atoms with Crippen molar-refractivity contribution < 1.29 is 32.4 Å². The fourth-order valence-corrected chi connectivity index (χ4v) is 4.33. The highest BCUT2D eigenvalue weighted by molar-refractivity contribution is 7.89. The molecule has 0 radical (unpaired) electrons. The Bertz CT molecular complexity index is 1090. The summed E-state index contributed by atoms with van der Waals surface area (Å²) in [4.78, 5) is 60.8. The third-order valence-corrected chi connectivity index (χ3v) is 6.16. The Morgan fingerprint density at radius 2 is 1.71 bits per heavy atom. The molecule has 2 unspecified atom stereocenters. The fraction of sp³-hybridized carbons (Fsp3) is 0.522. The Balaban J connectivity index is 1.97. The highest BCUT2D eigenvalue weighted by Gasteiger charge is 2.29. The molecule has 2 atom stereocenters. The maximum absolute atomic E-state index is 12.7. The van der Waals surface area contributed by atoms with Crippen LogP contribution in [0.1, 0.15) is 50.7 Å². The first-order chi connectivity index (χ1) is 16.4. The van der Waals surface area contributed by atoms with Gasteiger partial charge in [-0.1, -0.05) is 26.0 Å². The van der Waals surface area contributed by atoms with Crippen LogP contribution in [0.4, 0.5) is 5.69 Å². The van der Waals surface area contributed by atoms with Gasteiger partial charge in [0.25, 0.3) is 0 Å². The second kappa shape index (κ2) is 12.4. The predicted molar refractivity (Wildman–Crippen MR) is 129 cm³/mol. The molecule has 0 aromatic heterocycles. The van der Waals surface area contributed by atoms with Crippen LogP contribution in [0.5, 0.6) is 0 Å². The highest BCUT2D eigenvalue weighted by atomic mass is 32.2. The van der Waals surface area contributed by atoms with Crippen molar-refractivity contribution in [3.05, 3.63) is 29.3 Å². The van der Waals surface area contributed by atoms with Crippen LogP contribution in [-0.4, -0.2) is 56.7 Å². The summed E-state index contributed by atoms with van der Waals surface area (Å²) in [6.07, 6.45) is 4.55. The molecule has 0 fully saturated rings. The molecule has 2 rings (SSSR count). The van der Waals surface area contributed by atoms with E-state index >= 15 is 0 Å². The van der Waals surface area contributed by atoms with Gasteiger partial charge in [-0.3, -0.25) is 23.9 Å². The molecule has 0 saturated carbocycles. The van der Waals surface area contributed by atoms with E-state index in [9.17, 15) is 32.4 Å². The van der Waals surface area contributed by atoms with Crippen molar-refractivity contribution in [1.82, 2.24) is 15.4 Å². The number of nitrogens with one attached hydrogen (secondary N) is 4. The molecule has 1 aliphatic rings. The average molecular weight is 509 g/mol. The van der Waals surface area contributed by atoms with E-state index in [1.807, 2.05) is 12.1 Å². The SMILES string of the molecule is CC(C)C(NC(=O)C(=O)Nc1cccc2c1CCCC2)C(=O)NC(C=O)CCC(=O)NS(C)(=O)=O. The summed E-state index contributed by atoms with van der Waals surface area (Å²) < 4.78 is 24.0. The van der Waals surface area contributed by atoms with Gasteiger partial charge < -0.3 is 20.7 Å². The van der Waals surface area contributed by atoms with Crippen molar-refractivity contribution in [2.45, 2.75) is 64.5 Å². The molecule has 11 nitrogen and oxygen atoms in total. The van der Waals surface area contributed by atoms with Crippen LogP contribution in [0.25, 0.3) is 0 Å². The van der Waals surface area contributed by atoms with E-state index in [0.29, 0.717) is 12.0 Å². The van der Waals surface area contributed by atoms with Gasteiger partial charge in [0.1, 0.15) is 12.3 Å². The molecule has 0 bridgehead atoms. The molecule has 4 N–H and O–H groups in total. The number of rotatable bonds is 10. The monoisotopic (exact) mass is 508 g/mol. The average Bonchev–Trinajstić information content (AvgIpc) is 2.78. The normalized spacial score (nSPS) is 14.7. The number of anilines is 1. The maximum Gasteiger partial charge on any atom is 0.313 e. The van der Waals surface area contributed by atoms with Gasteiger partial charge in [0.15, 0.2) is 0 Å². The second-order valence-electron chi connectivity index (χ2n) is 8.89. The van der Waals surface area contributed by atoms with Crippen LogP contribution in [0, 0.1) is 5.92 Å². The molecular formula is C23H32N4O7S. The number of carbonyl (C=O) groups excluding carboxylic acids is 5. The number of fused-ring (bicyclic) bond motifs is 1. The van der Waals surface area contributed by atoms with E-state index in [-0.39, 0.29) is 12.8 Å². The third kappa shape index (κ3) is 8.78. The Hall–Kier alpha value is -3.28. The summed E-state index contributed by atoms with van der Waals surface area (Å²) in [5.74, 6) is -3.85. The third-order valence-electron chi connectivity index (χ3n) is 5.56. The second-order valence-corrected chi connectivity index (χ2v) is 10.6. The van der Waals surface area contributed by atoms with Crippen LogP contribution >= 0.6 is 0 Å². The highest BCUT2D eigenvalue weighted by Crippen LogP contribution is 2.27. The Morgan fingerprint density at radius 1 is 1.03 bits per heavy atom. The van der Waals surface area contributed by atoms with Crippen LogP contribution < -0.4 is 20.7 Å². The summed E-state index contributed by atoms with van der Waals surface area (Å²) in [5.41, 5.74) is 2.71. The van der Waals surface area contributed by atoms with Crippen molar-refractivity contribution in [3.63, 3.8) is 0 Å². The summed E-state index contributed by atoms with van der Waals surface area (Å²) in [6, 6.07) is 3.34. The number of amides is 4. The van der Waals surface area contributed by atoms with Gasteiger partial charge in [-0.2, -0.15) is 0 Å². The number of aldehydes is 1. The quantitative estimate of drug-likeness (QED) is 0.258. The van der Waals surface area contributed by atoms with Crippen LogP contribution in [0.15, 0.2) is 18.2 Å². The standard InChI is InChI=1S/C23H32N4O7S/c1-14(2)20(21(30)24-16(13-28)11-12-19(29)27-35(3,33)34)26-23(32)22(31)25-18-10-6-8-15-7-4-5-9-17(15)18/h6,8,10,13-14,16,20H,4-5,7,9,11-12H2,1-3H3,(H,24,30)(H,25,31)(H,26,32)(H,27,29). The molecular weight excluding hydrogens is 476 g/mol. The van der Waals surface area contributed by atoms with E-state index in [1.165, 1.54) is 0 Å². The van der Waals surface area contributed by atoms with E-state index in [0.717, 1.165) is 43.1 Å². The predicted octanol–water partition coefficient (Wildman–Crippen LogP) is 0.184. The van der Waals surface area contributed by atoms with Gasteiger partial charge >= 0.3 is 11.8 Å². The molecule has 35 heavy (non-hydrogen) atoms. The lowest BCUT2D eigenvalue weighted by molar-refractivity contribution is -0.138. The Kier molecular flexibility index (Phi) is 9.93. The topological polar surface area (TPSA) is 168 Å². The zero-order chi connectivity index (χ0) is 26.2. The summed E-state index contributed by atoms with van der Waals surface area (Å²) in [6.45, 7) is 3.32. The van der Waals surface area contributed by atoms with Gasteiger partial charge in [-0.05, 0) is 55.2 Å². The lowest BCUT2D eigenvalue weighted by Crippen LogP contribution is -2.54. The smallest absolute Gasteiger partial charge is 0.313 e. The van der Waals surface area contributed by atoms with Crippen LogP contribution in [0.2, 0.25) is 0 Å². The van der Waals surface area contributed by atoms with Gasteiger partial charge in [-0.15, -0.1) is 0 Å². The van der Waals surface area contributed by atoms with E-state index in [4.69, 9.17) is 0 Å². The summed E-state index contributed by atoms with van der Waals surface area (Å²) >= 11 is 0. The number of hydrogen-bond donors (Lipinski definition) is 4. The lowest BCUT2D eigenvalue weighted by Gasteiger charge is -2.24. The number of benzene rings is 1. The zero-order valence-electron chi connectivity index (χ0n) is 20.1. The molecule has 192 valence electrons. The Morgan fingerprint density at radius 3 is 2.34 bits per heavy atom. The maximum atomic E-state index is 12.7. The Labute approximate surface area is 204 Å². The van der Waals surface area contributed by atoms with Crippen LogP contribution in [-0.2, 0) is 46.8 Å². The molecule has 1 aliphatic carbocycles. The molecule has 0 saturated heterocycles. The van der Waals surface area contributed by atoms with Gasteiger partial charge in [0.2, 0.25) is 21.8 Å². The van der Waals surface area contributed by atoms with Crippen molar-refractivity contribution in [2.24, 2.45) is 5.92 Å². The first kappa shape index (κ1) is 28.0. The van der Waals surface area contributed by atoms with Crippen molar-refractivity contribution in [3.8, 4) is 0 Å². The molecule has 0 heterocycles. The van der Waals surface area contributed by atoms with Gasteiger partial charge in [0.05, 0.1) is 12.3 Å². The molecule has 12 heteroatoms. The van der Waals surface area contributed by atoms with E-state index in [2.05, 4.69) is 16.0 Å². The number of carbonyl (C=O) groups is 5. The van der Waals surface area contributed by atoms with Crippen molar-refractivity contribution >= 4 is 45.6 Å². The number of hydrogen-bond acceptors (Lipinski definition) is 7. The van der Waals surface area contributed by atoms with E-state index < -0.39 is 51.7 Å². The molecule has 4 amide bonds. The number of aryl methyl sites for hydroxylation is 1. The molecule has 0 aliphatic heterocycles. The summed E-state index contributed by atoms with van der Waals surface area (Å²) in [5, 5.41) is 7.45. The van der Waals surface area contributed by atoms with E-state index in [1.54, 1.807) is 24.6 Å². The fourth-order valence-electron chi connectivity index (χ4n) is 3.81. The zero-order valence-corrected chi connectivity index (χ0v) is 20.9. The van der Waals surface area contributed by atoms with Crippen molar-refractivity contribution in [2.75, 3.05) is 11.6 Å². The number of sulfonamides is 1. The van der Waals surface area contributed by atoms with Gasteiger partial charge in [-0.25, -0.2) is 8.42 Å². The van der Waals surface area contributed by atoms with Crippen molar-refractivity contribution in [1.29, 1.82) is 0 Å².